The van der Waals surface area contributed by atoms with Gasteiger partial charge in [0.15, 0.2) is 9.84 Å². The summed E-state index contributed by atoms with van der Waals surface area (Å²) < 4.78 is 29.8. The molecule has 1 aromatic rings. The van der Waals surface area contributed by atoms with Gasteiger partial charge in [0.25, 0.3) is 0 Å². The van der Waals surface area contributed by atoms with Crippen molar-refractivity contribution in [3.05, 3.63) is 29.8 Å². The van der Waals surface area contributed by atoms with Crippen LogP contribution >= 0.6 is 0 Å². The second kappa shape index (κ2) is 6.38. The van der Waals surface area contributed by atoms with Gasteiger partial charge in [-0.05, 0) is 37.3 Å². The zero-order chi connectivity index (χ0) is 15.6. The first-order valence-corrected chi connectivity index (χ1v) is 9.57. The van der Waals surface area contributed by atoms with Crippen molar-refractivity contribution in [3.8, 4) is 0 Å². The lowest BCUT2D eigenvalue weighted by Gasteiger charge is -2.29. The fraction of sp³-hybridized carbons (Fsp3) is 0.562. The summed E-state index contributed by atoms with van der Waals surface area (Å²) in [5.41, 5.74) is 1.96. The number of carbonyl (C=O) groups excluding carboxylic acids is 1. The highest BCUT2D eigenvalue weighted by Gasteiger charge is 2.29. The van der Waals surface area contributed by atoms with Crippen LogP contribution in [0.4, 0.5) is 5.69 Å². The fourth-order valence-corrected chi connectivity index (χ4v) is 4.66. The van der Waals surface area contributed by atoms with Gasteiger partial charge in [-0.3, -0.25) is 4.79 Å². The van der Waals surface area contributed by atoms with Gasteiger partial charge >= 0.3 is 0 Å². The van der Waals surface area contributed by atoms with E-state index in [-0.39, 0.29) is 17.8 Å². The number of amides is 1. The first kappa shape index (κ1) is 15.5. The minimum absolute atomic E-state index is 0.0474. The molecule has 0 radical (unpaired) electrons. The summed E-state index contributed by atoms with van der Waals surface area (Å²) in [5, 5.41) is 0. The standard InChI is InChI=1S/C16H21NO4S/c18-16(12-22(19,20)11-14-7-4-10-21-14)17-9-3-6-13-5-1-2-8-15(13)17/h1-2,5,8,14H,3-4,6-7,9-12H2/t14-/m0/s1. The Labute approximate surface area is 131 Å². The van der Waals surface area contributed by atoms with Crippen LogP contribution in [0.5, 0.6) is 0 Å². The zero-order valence-electron chi connectivity index (χ0n) is 12.5. The van der Waals surface area contributed by atoms with E-state index in [9.17, 15) is 13.2 Å². The molecule has 6 heteroatoms. The number of hydrogen-bond acceptors (Lipinski definition) is 4. The monoisotopic (exact) mass is 323 g/mol. The van der Waals surface area contributed by atoms with Gasteiger partial charge in [0, 0.05) is 18.8 Å². The minimum atomic E-state index is -3.43. The van der Waals surface area contributed by atoms with Crippen molar-refractivity contribution in [1.82, 2.24) is 0 Å². The summed E-state index contributed by atoms with van der Waals surface area (Å²) in [4.78, 5) is 14.1. The molecule has 0 saturated carbocycles. The number of ether oxygens (including phenoxy) is 1. The number of aryl methyl sites for hydroxylation is 1. The molecule has 1 fully saturated rings. The van der Waals surface area contributed by atoms with Gasteiger partial charge < -0.3 is 9.64 Å². The molecular weight excluding hydrogens is 302 g/mol. The third-order valence-corrected chi connectivity index (χ3v) is 5.78. The number of rotatable bonds is 4. The smallest absolute Gasteiger partial charge is 0.242 e. The molecule has 0 N–H and O–H groups in total. The second-order valence-electron chi connectivity index (χ2n) is 5.97. The minimum Gasteiger partial charge on any atom is -0.377 e. The fourth-order valence-electron chi connectivity index (χ4n) is 3.18. The van der Waals surface area contributed by atoms with Crippen molar-refractivity contribution in [1.29, 1.82) is 0 Å². The molecule has 0 unspecified atom stereocenters. The average Bonchev–Trinajstić information content (AvgIpc) is 2.98. The summed E-state index contributed by atoms with van der Waals surface area (Å²) in [7, 11) is -3.43. The molecule has 2 aliphatic heterocycles. The van der Waals surface area contributed by atoms with E-state index in [1.165, 1.54) is 0 Å². The normalized spacial score (nSPS) is 21.6. The molecule has 1 aromatic carbocycles. The Kier molecular flexibility index (Phi) is 4.49. The number of hydrogen-bond donors (Lipinski definition) is 0. The van der Waals surface area contributed by atoms with E-state index in [2.05, 4.69) is 0 Å². The number of para-hydroxylation sites is 1. The van der Waals surface area contributed by atoms with Crippen molar-refractivity contribution in [2.75, 3.05) is 29.6 Å². The highest BCUT2D eigenvalue weighted by molar-refractivity contribution is 7.92. The van der Waals surface area contributed by atoms with E-state index in [0.717, 1.165) is 36.9 Å². The molecule has 22 heavy (non-hydrogen) atoms. The van der Waals surface area contributed by atoms with Crippen LogP contribution in [0.2, 0.25) is 0 Å². The number of nitrogens with zero attached hydrogens (tertiary/aromatic N) is 1. The van der Waals surface area contributed by atoms with Crippen molar-refractivity contribution < 1.29 is 17.9 Å². The van der Waals surface area contributed by atoms with Gasteiger partial charge in [-0.2, -0.15) is 0 Å². The molecular formula is C16H21NO4S. The Morgan fingerprint density at radius 2 is 2.09 bits per heavy atom. The van der Waals surface area contributed by atoms with Gasteiger partial charge in [0.05, 0.1) is 11.9 Å². The Balaban J connectivity index is 1.69. The molecule has 2 aliphatic rings. The predicted octanol–water partition coefficient (Wildman–Crippen LogP) is 1.56. The number of anilines is 1. The van der Waals surface area contributed by atoms with E-state index in [0.29, 0.717) is 13.2 Å². The number of sulfone groups is 1. The molecule has 0 bridgehead atoms. The maximum atomic E-state index is 12.5. The van der Waals surface area contributed by atoms with E-state index < -0.39 is 15.6 Å². The van der Waals surface area contributed by atoms with E-state index in [4.69, 9.17) is 4.74 Å². The van der Waals surface area contributed by atoms with Gasteiger partial charge in [-0.1, -0.05) is 18.2 Å². The van der Waals surface area contributed by atoms with E-state index in [1.807, 2.05) is 24.3 Å². The number of carbonyl (C=O) groups is 1. The van der Waals surface area contributed by atoms with Crippen LogP contribution in [-0.2, 0) is 25.8 Å². The largest absolute Gasteiger partial charge is 0.377 e. The molecule has 120 valence electrons. The van der Waals surface area contributed by atoms with Crippen molar-refractivity contribution >= 4 is 21.4 Å². The third-order valence-electron chi connectivity index (χ3n) is 4.22. The Morgan fingerprint density at radius 3 is 2.86 bits per heavy atom. The average molecular weight is 323 g/mol. The van der Waals surface area contributed by atoms with Crippen LogP contribution in [0.25, 0.3) is 0 Å². The molecule has 1 atom stereocenters. The van der Waals surface area contributed by atoms with Gasteiger partial charge in [-0.25, -0.2) is 8.42 Å². The Morgan fingerprint density at radius 1 is 1.27 bits per heavy atom. The molecule has 0 aromatic heterocycles. The SMILES string of the molecule is O=C(CS(=O)(=O)C[C@@H]1CCCO1)N1CCCc2ccccc21. The summed E-state index contributed by atoms with van der Waals surface area (Å²) in [6.45, 7) is 1.21. The van der Waals surface area contributed by atoms with Crippen LogP contribution in [-0.4, -0.2) is 45.1 Å². The van der Waals surface area contributed by atoms with Gasteiger partial charge in [-0.15, -0.1) is 0 Å². The third kappa shape index (κ3) is 3.50. The first-order chi connectivity index (χ1) is 10.6. The van der Waals surface area contributed by atoms with Crippen LogP contribution in [0, 0.1) is 0 Å². The Hall–Kier alpha value is -1.40. The molecule has 3 rings (SSSR count). The Bertz CT molecular complexity index is 650. The zero-order valence-corrected chi connectivity index (χ0v) is 13.3. The molecule has 1 amide bonds. The number of fused-ring (bicyclic) bond motifs is 1. The molecule has 0 spiro atoms. The van der Waals surface area contributed by atoms with E-state index >= 15 is 0 Å². The van der Waals surface area contributed by atoms with Crippen molar-refractivity contribution in [3.63, 3.8) is 0 Å². The van der Waals surface area contributed by atoms with Crippen LogP contribution < -0.4 is 4.90 Å². The van der Waals surface area contributed by atoms with Gasteiger partial charge in [0.2, 0.25) is 5.91 Å². The maximum Gasteiger partial charge on any atom is 0.242 e. The molecule has 5 nitrogen and oxygen atoms in total. The summed E-state index contributed by atoms with van der Waals surface area (Å²) in [6.07, 6.45) is 3.22. The lowest BCUT2D eigenvalue weighted by Crippen LogP contribution is -2.40. The highest BCUT2D eigenvalue weighted by atomic mass is 32.2. The van der Waals surface area contributed by atoms with Crippen LogP contribution in [0.1, 0.15) is 24.8 Å². The highest BCUT2D eigenvalue weighted by Crippen LogP contribution is 2.27. The van der Waals surface area contributed by atoms with Gasteiger partial charge in [0.1, 0.15) is 5.75 Å². The van der Waals surface area contributed by atoms with Crippen LogP contribution in [0.3, 0.4) is 0 Å². The van der Waals surface area contributed by atoms with Crippen molar-refractivity contribution in [2.24, 2.45) is 0 Å². The number of benzene rings is 1. The second-order valence-corrected chi connectivity index (χ2v) is 8.08. The predicted molar refractivity (Wildman–Crippen MR) is 84.7 cm³/mol. The molecule has 0 aliphatic carbocycles. The lowest BCUT2D eigenvalue weighted by molar-refractivity contribution is -0.116. The summed E-state index contributed by atoms with van der Waals surface area (Å²) >= 11 is 0. The first-order valence-electron chi connectivity index (χ1n) is 7.75. The van der Waals surface area contributed by atoms with Crippen LogP contribution in [0.15, 0.2) is 24.3 Å². The lowest BCUT2D eigenvalue weighted by atomic mass is 10.0. The molecule has 1 saturated heterocycles. The quantitative estimate of drug-likeness (QED) is 0.843. The van der Waals surface area contributed by atoms with Crippen molar-refractivity contribution in [2.45, 2.75) is 31.8 Å². The molecule has 2 heterocycles. The topological polar surface area (TPSA) is 63.7 Å². The van der Waals surface area contributed by atoms with E-state index in [1.54, 1.807) is 4.90 Å². The maximum absolute atomic E-state index is 12.5. The summed E-state index contributed by atoms with van der Waals surface area (Å²) in [5.74, 6) is -0.805. The summed E-state index contributed by atoms with van der Waals surface area (Å²) in [6, 6.07) is 7.71.